The van der Waals surface area contributed by atoms with Crippen molar-refractivity contribution < 1.29 is 4.79 Å². The third-order valence-electron chi connectivity index (χ3n) is 3.42. The lowest BCUT2D eigenvalue weighted by Crippen LogP contribution is -2.53. The number of amides is 1. The van der Waals surface area contributed by atoms with Gasteiger partial charge in [0.25, 0.3) is 0 Å². The van der Waals surface area contributed by atoms with E-state index >= 15 is 0 Å². The highest BCUT2D eigenvalue weighted by atomic mass is 35.5. The summed E-state index contributed by atoms with van der Waals surface area (Å²) in [6.07, 6.45) is 2.79. The van der Waals surface area contributed by atoms with Crippen LogP contribution in [0.15, 0.2) is 5.38 Å². The summed E-state index contributed by atoms with van der Waals surface area (Å²) in [6, 6.07) is -0.351. The highest BCUT2D eigenvalue weighted by Crippen LogP contribution is 2.21. The third kappa shape index (κ3) is 5.02. The molecule has 0 saturated carbocycles. The Bertz CT molecular complexity index is 449. The quantitative estimate of drug-likeness (QED) is 0.874. The molecule has 0 spiro atoms. The lowest BCUT2D eigenvalue weighted by molar-refractivity contribution is -0.132. The molecule has 21 heavy (non-hydrogen) atoms. The fourth-order valence-corrected chi connectivity index (χ4v) is 3.55. The Hall–Kier alpha value is -0.500. The molecule has 0 bridgehead atoms. The largest absolute Gasteiger partial charge is 0.345 e. The molecule has 8 heteroatoms. The summed E-state index contributed by atoms with van der Waals surface area (Å²) in [5.41, 5.74) is 7.01. The number of hydrogen-bond donors (Lipinski definition) is 1. The lowest BCUT2D eigenvalue weighted by atomic mass is 10.2. The Morgan fingerprint density at radius 3 is 2.67 bits per heavy atom. The second-order valence-corrected chi connectivity index (χ2v) is 6.79. The molecule has 1 unspecified atom stereocenters. The van der Waals surface area contributed by atoms with Crippen LogP contribution in [0.2, 0.25) is 0 Å². The van der Waals surface area contributed by atoms with Crippen LogP contribution in [-0.4, -0.2) is 60.0 Å². The fraction of sp³-hybridized carbons (Fsp3) is 0.692. The van der Waals surface area contributed by atoms with Gasteiger partial charge in [-0.25, -0.2) is 4.98 Å². The summed E-state index contributed by atoms with van der Waals surface area (Å²) in [7, 11) is 0. The van der Waals surface area contributed by atoms with Crippen LogP contribution in [-0.2, 0) is 4.79 Å². The van der Waals surface area contributed by atoms with Gasteiger partial charge in [-0.2, -0.15) is 11.8 Å². The van der Waals surface area contributed by atoms with Crippen LogP contribution in [0.25, 0.3) is 0 Å². The highest BCUT2D eigenvalue weighted by molar-refractivity contribution is 7.98. The third-order valence-corrected chi connectivity index (χ3v) is 5.08. The average Bonchev–Trinajstić information content (AvgIpc) is 2.90. The normalized spacial score (nSPS) is 16.5. The molecule has 1 atom stereocenters. The van der Waals surface area contributed by atoms with Crippen molar-refractivity contribution in [3.8, 4) is 0 Å². The molecular weight excluding hydrogens is 328 g/mol. The van der Waals surface area contributed by atoms with Gasteiger partial charge in [-0.1, -0.05) is 0 Å². The standard InChI is InChI=1S/C13H22N4OS2.ClH/c1-10-9-20-13(15-10)17-6-4-16(5-7-17)12(18)11(14)3-8-19-2;/h9,11H,3-8,14H2,1-2H3;1H. The van der Waals surface area contributed by atoms with E-state index < -0.39 is 0 Å². The predicted molar refractivity (Wildman–Crippen MR) is 93.9 cm³/mol. The smallest absolute Gasteiger partial charge is 0.239 e. The van der Waals surface area contributed by atoms with Gasteiger partial charge in [0, 0.05) is 31.6 Å². The van der Waals surface area contributed by atoms with Crippen LogP contribution in [0.5, 0.6) is 0 Å². The minimum atomic E-state index is -0.351. The van der Waals surface area contributed by atoms with Crippen molar-refractivity contribution in [3.05, 3.63) is 11.1 Å². The van der Waals surface area contributed by atoms with E-state index in [9.17, 15) is 4.79 Å². The van der Waals surface area contributed by atoms with E-state index in [-0.39, 0.29) is 24.4 Å². The van der Waals surface area contributed by atoms with Crippen LogP contribution in [0.4, 0.5) is 5.13 Å². The van der Waals surface area contributed by atoms with Crippen LogP contribution in [0.1, 0.15) is 12.1 Å². The van der Waals surface area contributed by atoms with Crippen molar-refractivity contribution in [3.63, 3.8) is 0 Å². The van der Waals surface area contributed by atoms with E-state index in [0.29, 0.717) is 0 Å². The second-order valence-electron chi connectivity index (χ2n) is 4.97. The zero-order valence-corrected chi connectivity index (χ0v) is 14.9. The molecule has 120 valence electrons. The van der Waals surface area contributed by atoms with Gasteiger partial charge >= 0.3 is 0 Å². The predicted octanol–water partition coefficient (Wildman–Crippen LogP) is 1.60. The van der Waals surface area contributed by atoms with E-state index in [1.165, 1.54) is 0 Å². The Morgan fingerprint density at radius 1 is 1.48 bits per heavy atom. The Kier molecular flexibility index (Phi) is 7.79. The molecule has 2 heterocycles. The zero-order valence-electron chi connectivity index (χ0n) is 12.4. The number of nitrogens with zero attached hydrogens (tertiary/aromatic N) is 3. The summed E-state index contributed by atoms with van der Waals surface area (Å²) >= 11 is 3.40. The van der Waals surface area contributed by atoms with E-state index in [1.807, 2.05) is 18.1 Å². The van der Waals surface area contributed by atoms with Gasteiger partial charge < -0.3 is 15.5 Å². The van der Waals surface area contributed by atoms with Crippen LogP contribution in [0.3, 0.4) is 0 Å². The zero-order chi connectivity index (χ0) is 14.5. The second kappa shape index (κ2) is 8.82. The lowest BCUT2D eigenvalue weighted by Gasteiger charge is -2.35. The molecule has 5 nitrogen and oxygen atoms in total. The van der Waals surface area contributed by atoms with Gasteiger partial charge in [-0.15, -0.1) is 23.7 Å². The van der Waals surface area contributed by atoms with Gasteiger partial charge in [-0.05, 0) is 25.4 Å². The minimum absolute atomic E-state index is 0. The molecule has 1 aromatic heterocycles. The monoisotopic (exact) mass is 350 g/mol. The summed E-state index contributed by atoms with van der Waals surface area (Å²) < 4.78 is 0. The van der Waals surface area contributed by atoms with E-state index in [2.05, 4.69) is 15.3 Å². The molecule has 0 aromatic carbocycles. The van der Waals surface area contributed by atoms with Crippen molar-refractivity contribution in [1.82, 2.24) is 9.88 Å². The molecule has 1 aliphatic rings. The van der Waals surface area contributed by atoms with Gasteiger partial charge in [0.05, 0.1) is 11.7 Å². The van der Waals surface area contributed by atoms with Gasteiger partial charge in [-0.3, -0.25) is 4.79 Å². The number of halogens is 1. The molecule has 1 aliphatic heterocycles. The summed E-state index contributed by atoms with van der Waals surface area (Å²) in [6.45, 7) is 5.17. The number of anilines is 1. The molecule has 1 saturated heterocycles. The van der Waals surface area contributed by atoms with Crippen molar-refractivity contribution in [1.29, 1.82) is 0 Å². The van der Waals surface area contributed by atoms with Gasteiger partial charge in [0.1, 0.15) is 0 Å². The average molecular weight is 351 g/mol. The number of aryl methyl sites for hydroxylation is 1. The number of carbonyl (C=O) groups excluding carboxylic acids is 1. The summed E-state index contributed by atoms with van der Waals surface area (Å²) in [5.74, 6) is 1.03. The van der Waals surface area contributed by atoms with Crippen molar-refractivity contribution >= 4 is 46.5 Å². The maximum Gasteiger partial charge on any atom is 0.239 e. The number of rotatable bonds is 5. The first kappa shape index (κ1) is 18.5. The molecule has 2 N–H and O–H groups in total. The number of thiazole rings is 1. The number of nitrogens with two attached hydrogens (primary N) is 1. The number of thioether (sulfide) groups is 1. The van der Waals surface area contributed by atoms with Crippen molar-refractivity contribution in [2.24, 2.45) is 5.73 Å². The molecule has 1 amide bonds. The number of carbonyl (C=O) groups is 1. The van der Waals surface area contributed by atoms with Gasteiger partial charge in [0.2, 0.25) is 5.91 Å². The van der Waals surface area contributed by atoms with E-state index in [4.69, 9.17) is 5.73 Å². The minimum Gasteiger partial charge on any atom is -0.345 e. The molecule has 1 aromatic rings. The molecule has 2 rings (SSSR count). The molecule has 1 fully saturated rings. The summed E-state index contributed by atoms with van der Waals surface area (Å²) in [5, 5.41) is 3.12. The Balaban J connectivity index is 0.00000220. The number of piperazine rings is 1. The fourth-order valence-electron chi connectivity index (χ4n) is 2.21. The Morgan fingerprint density at radius 2 is 2.14 bits per heavy atom. The van der Waals surface area contributed by atoms with E-state index in [1.54, 1.807) is 23.1 Å². The van der Waals surface area contributed by atoms with Crippen LogP contribution >= 0.6 is 35.5 Å². The molecule has 0 radical (unpaired) electrons. The Labute approximate surface area is 140 Å². The number of hydrogen-bond acceptors (Lipinski definition) is 6. The molecule has 0 aliphatic carbocycles. The van der Waals surface area contributed by atoms with Crippen molar-refractivity contribution in [2.45, 2.75) is 19.4 Å². The first-order valence-electron chi connectivity index (χ1n) is 6.82. The first-order valence-corrected chi connectivity index (χ1v) is 9.09. The first-order chi connectivity index (χ1) is 9.61. The SMILES string of the molecule is CSCCC(N)C(=O)N1CCN(c2nc(C)cs2)CC1.Cl. The van der Waals surface area contributed by atoms with E-state index in [0.717, 1.165) is 49.2 Å². The maximum atomic E-state index is 12.2. The van der Waals surface area contributed by atoms with Crippen LogP contribution in [0, 0.1) is 6.92 Å². The van der Waals surface area contributed by atoms with Crippen molar-refractivity contribution in [2.75, 3.05) is 43.1 Å². The number of aromatic nitrogens is 1. The topological polar surface area (TPSA) is 62.5 Å². The van der Waals surface area contributed by atoms with Crippen LogP contribution < -0.4 is 10.6 Å². The molecular formula is C13H23ClN4OS2. The van der Waals surface area contributed by atoms with Gasteiger partial charge in [0.15, 0.2) is 5.13 Å². The maximum absolute atomic E-state index is 12.2. The highest BCUT2D eigenvalue weighted by Gasteiger charge is 2.25. The summed E-state index contributed by atoms with van der Waals surface area (Å²) in [4.78, 5) is 20.8.